The van der Waals surface area contributed by atoms with E-state index >= 15 is 0 Å². The molecule has 1 aromatic carbocycles. The van der Waals surface area contributed by atoms with E-state index in [4.69, 9.17) is 16.0 Å². The van der Waals surface area contributed by atoms with Gasteiger partial charge in [-0.3, -0.25) is 0 Å². The molecule has 5 heteroatoms. The Morgan fingerprint density at radius 1 is 1.33 bits per heavy atom. The molecular weight excluding hydrogens is 381 g/mol. The summed E-state index contributed by atoms with van der Waals surface area (Å²) in [5, 5.41) is 4.04. The van der Waals surface area contributed by atoms with Crippen molar-refractivity contribution >= 4 is 43.5 Å². The van der Waals surface area contributed by atoms with E-state index in [0.29, 0.717) is 0 Å². The molecule has 0 aliphatic carbocycles. The summed E-state index contributed by atoms with van der Waals surface area (Å²) >= 11 is 13.1. The Bertz CT molecular complexity index is 542. The Balaban J connectivity index is 2.23. The summed E-state index contributed by atoms with van der Waals surface area (Å²) < 4.78 is 7.02. The van der Waals surface area contributed by atoms with Crippen LogP contribution in [-0.2, 0) is 6.42 Å². The van der Waals surface area contributed by atoms with Crippen molar-refractivity contribution in [2.75, 3.05) is 7.05 Å². The summed E-state index contributed by atoms with van der Waals surface area (Å²) in [5.41, 5.74) is 2.20. The van der Waals surface area contributed by atoms with Crippen molar-refractivity contribution in [2.45, 2.75) is 12.5 Å². The lowest BCUT2D eigenvalue weighted by Gasteiger charge is -2.16. The lowest BCUT2D eigenvalue weighted by molar-refractivity contribution is 0.518. The highest BCUT2D eigenvalue weighted by molar-refractivity contribution is 9.10. The van der Waals surface area contributed by atoms with Crippen molar-refractivity contribution < 1.29 is 4.42 Å². The van der Waals surface area contributed by atoms with Gasteiger partial charge in [-0.25, -0.2) is 0 Å². The Labute approximate surface area is 128 Å². The Kier molecular flexibility index (Phi) is 4.90. The molecular formula is C13H12Br2ClNO. The first-order valence-electron chi connectivity index (χ1n) is 5.46. The van der Waals surface area contributed by atoms with Crippen LogP contribution < -0.4 is 5.32 Å². The van der Waals surface area contributed by atoms with Gasteiger partial charge in [0.05, 0.1) is 6.26 Å². The van der Waals surface area contributed by atoms with E-state index in [1.165, 1.54) is 0 Å². The van der Waals surface area contributed by atoms with Crippen molar-refractivity contribution in [1.82, 2.24) is 5.32 Å². The maximum atomic E-state index is 6.24. The van der Waals surface area contributed by atoms with Crippen LogP contribution >= 0.6 is 43.5 Å². The zero-order chi connectivity index (χ0) is 13.1. The van der Waals surface area contributed by atoms with Gasteiger partial charge in [-0.2, -0.15) is 0 Å². The van der Waals surface area contributed by atoms with Crippen LogP contribution in [-0.4, -0.2) is 7.05 Å². The SMILES string of the molecule is CNC(Cc1ccc(Br)cc1Cl)c1ccoc1Br. The highest BCUT2D eigenvalue weighted by Gasteiger charge is 2.16. The van der Waals surface area contributed by atoms with E-state index in [0.717, 1.165) is 31.7 Å². The van der Waals surface area contributed by atoms with Gasteiger partial charge >= 0.3 is 0 Å². The highest BCUT2D eigenvalue weighted by Crippen LogP contribution is 2.30. The van der Waals surface area contributed by atoms with E-state index in [1.807, 2.05) is 31.3 Å². The lowest BCUT2D eigenvalue weighted by Crippen LogP contribution is -2.18. The van der Waals surface area contributed by atoms with E-state index in [1.54, 1.807) is 6.26 Å². The van der Waals surface area contributed by atoms with Crippen molar-refractivity contribution in [1.29, 1.82) is 0 Å². The molecule has 2 aromatic rings. The molecule has 0 spiro atoms. The standard InChI is InChI=1S/C13H12Br2ClNO/c1-17-12(10-4-5-18-13(10)15)6-8-2-3-9(14)7-11(8)16/h2-5,7,12,17H,6H2,1H3. The zero-order valence-electron chi connectivity index (χ0n) is 9.71. The van der Waals surface area contributed by atoms with E-state index < -0.39 is 0 Å². The van der Waals surface area contributed by atoms with Crippen LogP contribution in [0.3, 0.4) is 0 Å². The van der Waals surface area contributed by atoms with Crippen LogP contribution in [0.4, 0.5) is 0 Å². The minimum absolute atomic E-state index is 0.164. The molecule has 0 fully saturated rings. The number of likely N-dealkylation sites (N-methyl/N-ethyl adjacent to an activating group) is 1. The van der Waals surface area contributed by atoms with Gasteiger partial charge < -0.3 is 9.73 Å². The number of rotatable bonds is 4. The molecule has 0 saturated carbocycles. The van der Waals surface area contributed by atoms with Gasteiger partial charge in [-0.1, -0.05) is 33.6 Å². The minimum Gasteiger partial charge on any atom is -0.457 e. The number of hydrogen-bond acceptors (Lipinski definition) is 2. The molecule has 1 atom stereocenters. The van der Waals surface area contributed by atoms with Crippen LogP contribution in [0.2, 0.25) is 5.02 Å². The molecule has 2 nitrogen and oxygen atoms in total. The topological polar surface area (TPSA) is 25.2 Å². The summed E-state index contributed by atoms with van der Waals surface area (Å²) in [6, 6.07) is 8.06. The maximum Gasteiger partial charge on any atom is 0.173 e. The molecule has 1 heterocycles. The van der Waals surface area contributed by atoms with Crippen molar-refractivity contribution in [3.05, 3.63) is 55.8 Å². The summed E-state index contributed by atoms with van der Waals surface area (Å²) in [6.45, 7) is 0. The van der Waals surface area contributed by atoms with Gasteiger partial charge in [-0.15, -0.1) is 0 Å². The van der Waals surface area contributed by atoms with Gasteiger partial charge in [0, 0.05) is 21.1 Å². The van der Waals surface area contributed by atoms with E-state index in [-0.39, 0.29) is 6.04 Å². The molecule has 0 aliphatic rings. The monoisotopic (exact) mass is 391 g/mol. The molecule has 0 radical (unpaired) electrons. The molecule has 1 aromatic heterocycles. The molecule has 18 heavy (non-hydrogen) atoms. The molecule has 0 amide bonds. The molecule has 0 bridgehead atoms. The smallest absolute Gasteiger partial charge is 0.173 e. The third kappa shape index (κ3) is 3.18. The summed E-state index contributed by atoms with van der Waals surface area (Å²) in [4.78, 5) is 0. The Morgan fingerprint density at radius 2 is 2.11 bits per heavy atom. The Hall–Kier alpha value is -0.290. The first-order valence-corrected chi connectivity index (χ1v) is 7.42. The fraction of sp³-hybridized carbons (Fsp3) is 0.231. The predicted octanol–water partition coefficient (Wildman–Crippen LogP) is 4.96. The average molecular weight is 394 g/mol. The molecule has 2 rings (SSSR count). The van der Waals surface area contributed by atoms with Crippen LogP contribution in [0.5, 0.6) is 0 Å². The third-order valence-electron chi connectivity index (χ3n) is 2.81. The molecule has 0 aliphatic heterocycles. The zero-order valence-corrected chi connectivity index (χ0v) is 13.6. The van der Waals surface area contributed by atoms with Crippen LogP contribution in [0.25, 0.3) is 0 Å². The van der Waals surface area contributed by atoms with Gasteiger partial charge in [0.15, 0.2) is 4.67 Å². The summed E-state index contributed by atoms with van der Waals surface area (Å²) in [6.07, 6.45) is 2.48. The number of hydrogen-bond donors (Lipinski definition) is 1. The van der Waals surface area contributed by atoms with E-state index in [9.17, 15) is 0 Å². The number of halogens is 3. The van der Waals surface area contributed by atoms with Crippen molar-refractivity contribution in [3.8, 4) is 0 Å². The Morgan fingerprint density at radius 3 is 2.67 bits per heavy atom. The minimum atomic E-state index is 0.164. The third-order valence-corrected chi connectivity index (χ3v) is 4.30. The van der Waals surface area contributed by atoms with Crippen molar-refractivity contribution in [3.63, 3.8) is 0 Å². The average Bonchev–Trinajstić information content (AvgIpc) is 2.75. The number of benzene rings is 1. The van der Waals surface area contributed by atoms with Gasteiger partial charge in [0.2, 0.25) is 0 Å². The second-order valence-electron chi connectivity index (χ2n) is 3.93. The number of nitrogens with one attached hydrogen (secondary N) is 1. The highest BCUT2D eigenvalue weighted by atomic mass is 79.9. The fourth-order valence-corrected chi connectivity index (χ4v) is 3.10. The lowest BCUT2D eigenvalue weighted by atomic mass is 10.0. The first kappa shape index (κ1) is 14.1. The first-order chi connectivity index (χ1) is 8.61. The van der Waals surface area contributed by atoms with Crippen LogP contribution in [0.1, 0.15) is 17.2 Å². The van der Waals surface area contributed by atoms with Crippen LogP contribution in [0, 0.1) is 0 Å². The maximum absolute atomic E-state index is 6.24. The van der Waals surface area contributed by atoms with Crippen LogP contribution in [0.15, 0.2) is 44.1 Å². The largest absolute Gasteiger partial charge is 0.457 e. The van der Waals surface area contributed by atoms with Gasteiger partial charge in [0.1, 0.15) is 0 Å². The second-order valence-corrected chi connectivity index (χ2v) is 5.97. The molecule has 1 N–H and O–H groups in total. The fourth-order valence-electron chi connectivity index (χ4n) is 1.83. The molecule has 96 valence electrons. The van der Waals surface area contributed by atoms with E-state index in [2.05, 4.69) is 37.2 Å². The summed E-state index contributed by atoms with van der Waals surface area (Å²) in [5.74, 6) is 0. The van der Waals surface area contributed by atoms with Crippen molar-refractivity contribution in [2.24, 2.45) is 0 Å². The second kappa shape index (κ2) is 6.24. The van der Waals surface area contributed by atoms with Gasteiger partial charge in [0.25, 0.3) is 0 Å². The normalized spacial score (nSPS) is 12.7. The predicted molar refractivity (Wildman–Crippen MR) is 81.1 cm³/mol. The number of furan rings is 1. The quantitative estimate of drug-likeness (QED) is 0.794. The summed E-state index contributed by atoms with van der Waals surface area (Å²) in [7, 11) is 1.93. The molecule has 0 saturated heterocycles. The molecule has 1 unspecified atom stereocenters. The van der Waals surface area contributed by atoms with Gasteiger partial charge in [-0.05, 0) is 53.2 Å².